The van der Waals surface area contributed by atoms with Crippen molar-refractivity contribution in [1.82, 2.24) is 20.2 Å². The second-order valence-corrected chi connectivity index (χ2v) is 3.44. The van der Waals surface area contributed by atoms with E-state index in [1.165, 1.54) is 0 Å². The number of hydrogen-bond acceptors (Lipinski definition) is 3. The van der Waals surface area contributed by atoms with Crippen LogP contribution in [0.2, 0.25) is 0 Å². The minimum absolute atomic E-state index is 0.290. The predicted octanol–water partition coefficient (Wildman–Crippen LogP) is 1.44. The smallest absolute Gasteiger partial charge is 0.200 e. The van der Waals surface area contributed by atoms with Gasteiger partial charge in [-0.25, -0.2) is 0 Å². The molecule has 16 heavy (non-hydrogen) atoms. The van der Waals surface area contributed by atoms with Crippen LogP contribution in [0.3, 0.4) is 0 Å². The number of halogens is 6. The van der Waals surface area contributed by atoms with Crippen LogP contribution >= 0.6 is 0 Å². The van der Waals surface area contributed by atoms with Crippen LogP contribution in [-0.4, -0.2) is 32.1 Å². The lowest BCUT2D eigenvalue weighted by Crippen LogP contribution is -2.43. The van der Waals surface area contributed by atoms with Gasteiger partial charge in [-0.3, -0.25) is 0 Å². The molecular weight excluding hydrogens is 242 g/mol. The van der Waals surface area contributed by atoms with Crippen LogP contribution in [0.15, 0.2) is 0 Å². The van der Waals surface area contributed by atoms with Gasteiger partial charge in [-0.1, -0.05) is 0 Å². The lowest BCUT2D eigenvalue weighted by atomic mass is 10.1. The number of rotatable bonds is 0. The Morgan fingerprint density at radius 1 is 1.00 bits per heavy atom. The maximum absolute atomic E-state index is 13.1. The van der Waals surface area contributed by atoms with E-state index in [0.29, 0.717) is 0 Å². The van der Waals surface area contributed by atoms with E-state index >= 15 is 0 Å². The molecule has 90 valence electrons. The monoisotopic (exact) mass is 246 g/mol. The normalized spacial score (nSPS) is 25.9. The number of tetrazole rings is 1. The quantitative estimate of drug-likeness (QED) is 0.650. The zero-order chi connectivity index (χ0) is 12.2. The third kappa shape index (κ3) is 1.43. The van der Waals surface area contributed by atoms with Gasteiger partial charge >= 0.3 is 17.9 Å². The molecule has 1 aliphatic rings. The van der Waals surface area contributed by atoms with Crippen molar-refractivity contribution in [2.45, 2.75) is 30.7 Å². The van der Waals surface area contributed by atoms with Crippen molar-refractivity contribution in [1.29, 1.82) is 0 Å². The number of hydrogen-bond donors (Lipinski definition) is 0. The van der Waals surface area contributed by atoms with Crippen molar-refractivity contribution in [3.63, 3.8) is 0 Å². The average Bonchev–Trinajstić information content (AvgIpc) is 2.46. The Morgan fingerprint density at radius 3 is 2.25 bits per heavy atom. The highest BCUT2D eigenvalue weighted by Gasteiger charge is 2.64. The molecule has 1 aromatic heterocycles. The Kier molecular flexibility index (Phi) is 1.99. The molecule has 2 heterocycles. The predicted molar refractivity (Wildman–Crippen MR) is 36.2 cm³/mol. The zero-order valence-corrected chi connectivity index (χ0v) is 7.47. The highest BCUT2D eigenvalue weighted by atomic mass is 19.3. The molecule has 0 spiro atoms. The van der Waals surface area contributed by atoms with Crippen molar-refractivity contribution in [3.05, 3.63) is 5.82 Å². The standard InChI is InChI=1S/C6H4F6N4/c7-4(8)1-3-13-14-15-16(3)6(11,12)2-5(4,9)10/h1-2H2. The van der Waals surface area contributed by atoms with Crippen LogP contribution in [-0.2, 0) is 12.5 Å². The largest absolute Gasteiger partial charge is 0.352 e. The summed E-state index contributed by atoms with van der Waals surface area (Å²) in [6.07, 6.45) is -3.95. The number of nitrogens with zero attached hydrogens (tertiary/aromatic N) is 4. The highest BCUT2D eigenvalue weighted by molar-refractivity contribution is 5.01. The Labute approximate surface area is 84.2 Å². The molecular formula is C6H4F6N4. The number of aromatic nitrogens is 4. The van der Waals surface area contributed by atoms with Gasteiger partial charge in [0.2, 0.25) is 0 Å². The maximum Gasteiger partial charge on any atom is 0.352 e. The van der Waals surface area contributed by atoms with Crippen LogP contribution in [0.4, 0.5) is 26.3 Å². The molecule has 1 aliphatic heterocycles. The van der Waals surface area contributed by atoms with Crippen molar-refractivity contribution in [2.75, 3.05) is 0 Å². The van der Waals surface area contributed by atoms with Gasteiger partial charge in [-0.2, -0.15) is 31.0 Å². The van der Waals surface area contributed by atoms with Crippen LogP contribution in [0.5, 0.6) is 0 Å². The summed E-state index contributed by atoms with van der Waals surface area (Å²) in [5.74, 6) is -10.4. The minimum atomic E-state index is -4.82. The molecule has 4 nitrogen and oxygen atoms in total. The first-order valence-electron chi connectivity index (χ1n) is 4.07. The summed E-state index contributed by atoms with van der Waals surface area (Å²) < 4.78 is 77.6. The third-order valence-electron chi connectivity index (χ3n) is 2.19. The molecule has 0 radical (unpaired) electrons. The van der Waals surface area contributed by atoms with Gasteiger partial charge < -0.3 is 0 Å². The first-order valence-corrected chi connectivity index (χ1v) is 4.07. The van der Waals surface area contributed by atoms with Gasteiger partial charge in [0, 0.05) is 0 Å². The maximum atomic E-state index is 13.1. The Morgan fingerprint density at radius 2 is 1.62 bits per heavy atom. The minimum Gasteiger partial charge on any atom is -0.200 e. The van der Waals surface area contributed by atoms with Gasteiger partial charge in [0.25, 0.3) is 0 Å². The Hall–Kier alpha value is -1.35. The molecule has 2 rings (SSSR count). The van der Waals surface area contributed by atoms with E-state index in [9.17, 15) is 26.3 Å². The molecule has 0 aromatic carbocycles. The zero-order valence-electron chi connectivity index (χ0n) is 7.47. The summed E-state index contributed by atoms with van der Waals surface area (Å²) in [5.41, 5.74) is 0. The first kappa shape index (κ1) is 11.1. The van der Waals surface area contributed by atoms with E-state index in [1.807, 2.05) is 0 Å². The fourth-order valence-corrected chi connectivity index (χ4v) is 1.37. The summed E-state index contributed by atoms with van der Waals surface area (Å²) in [6, 6.07) is -4.23. The molecule has 0 bridgehead atoms. The topological polar surface area (TPSA) is 43.6 Å². The van der Waals surface area contributed by atoms with Gasteiger partial charge in [0.15, 0.2) is 5.82 Å². The molecule has 0 N–H and O–H groups in total. The van der Waals surface area contributed by atoms with E-state index < -0.39 is 36.6 Å². The lowest BCUT2D eigenvalue weighted by molar-refractivity contribution is -0.246. The lowest BCUT2D eigenvalue weighted by Gasteiger charge is -2.24. The fraction of sp³-hybridized carbons (Fsp3) is 0.833. The SMILES string of the molecule is FC1(F)CC(F)(F)C(F)(F)Cc2nnnn21. The second-order valence-electron chi connectivity index (χ2n) is 3.44. The van der Waals surface area contributed by atoms with Crippen molar-refractivity contribution >= 4 is 0 Å². The van der Waals surface area contributed by atoms with Crippen molar-refractivity contribution in [3.8, 4) is 0 Å². The van der Waals surface area contributed by atoms with Gasteiger partial charge in [0.1, 0.15) is 6.42 Å². The van der Waals surface area contributed by atoms with Crippen LogP contribution in [0.1, 0.15) is 12.2 Å². The molecule has 1 aromatic rings. The van der Waals surface area contributed by atoms with Crippen molar-refractivity contribution in [2.24, 2.45) is 0 Å². The van der Waals surface area contributed by atoms with Crippen LogP contribution < -0.4 is 0 Å². The molecule has 0 amide bonds. The highest BCUT2D eigenvalue weighted by Crippen LogP contribution is 2.47. The van der Waals surface area contributed by atoms with E-state index in [0.717, 1.165) is 0 Å². The summed E-state index contributed by atoms with van der Waals surface area (Å²) in [6.45, 7) is 0. The molecule has 0 saturated carbocycles. The molecule has 0 unspecified atom stereocenters. The van der Waals surface area contributed by atoms with Crippen LogP contribution in [0.25, 0.3) is 0 Å². The van der Waals surface area contributed by atoms with E-state index in [1.54, 1.807) is 0 Å². The summed E-state index contributed by atoms with van der Waals surface area (Å²) >= 11 is 0. The fourth-order valence-electron chi connectivity index (χ4n) is 1.37. The van der Waals surface area contributed by atoms with E-state index in [-0.39, 0.29) is 4.68 Å². The molecule has 0 saturated heterocycles. The summed E-state index contributed by atoms with van der Waals surface area (Å²) in [5, 5.41) is 8.38. The van der Waals surface area contributed by atoms with Gasteiger partial charge in [-0.15, -0.1) is 5.10 Å². The average molecular weight is 246 g/mol. The molecule has 10 heteroatoms. The Bertz CT molecular complexity index is 413. The van der Waals surface area contributed by atoms with Crippen molar-refractivity contribution < 1.29 is 26.3 Å². The summed E-state index contributed by atoms with van der Waals surface area (Å²) in [4.78, 5) is 0. The first-order chi connectivity index (χ1) is 7.16. The summed E-state index contributed by atoms with van der Waals surface area (Å²) in [7, 11) is 0. The van der Waals surface area contributed by atoms with Gasteiger partial charge in [-0.05, 0) is 10.4 Å². The van der Waals surface area contributed by atoms with E-state index in [2.05, 4.69) is 15.5 Å². The Balaban J connectivity index is 2.54. The van der Waals surface area contributed by atoms with Gasteiger partial charge in [0.05, 0.1) is 6.42 Å². The molecule has 0 atom stereocenters. The number of alkyl halides is 6. The van der Waals surface area contributed by atoms with E-state index in [4.69, 9.17) is 0 Å². The third-order valence-corrected chi connectivity index (χ3v) is 2.19. The molecule has 0 fully saturated rings. The second kappa shape index (κ2) is 2.86. The van der Waals surface area contributed by atoms with Crippen LogP contribution in [0, 0.1) is 0 Å². The number of fused-ring (bicyclic) bond motifs is 1. The molecule has 0 aliphatic carbocycles.